The van der Waals surface area contributed by atoms with E-state index in [0.717, 1.165) is 17.5 Å². The predicted molar refractivity (Wildman–Crippen MR) is 165 cm³/mol. The molecule has 0 aliphatic carbocycles. The van der Waals surface area contributed by atoms with Gasteiger partial charge in [-0.2, -0.15) is 8.78 Å². The highest BCUT2D eigenvalue weighted by Gasteiger charge is 2.27. The van der Waals surface area contributed by atoms with E-state index in [-0.39, 0.29) is 17.9 Å². The molecular weight excluding hydrogens is 499 g/mol. The zero-order chi connectivity index (χ0) is 29.1. The summed E-state index contributed by atoms with van der Waals surface area (Å²) >= 11 is 0. The number of rotatable bonds is 8. The molecule has 7 heteroatoms. The van der Waals surface area contributed by atoms with Gasteiger partial charge >= 0.3 is 0 Å². The Morgan fingerprint density at radius 2 is 1.61 bits per heavy atom. The molecule has 212 valence electrons. The lowest BCUT2D eigenvalue weighted by molar-refractivity contribution is 0.103. The minimum Gasteiger partial charge on any atom is -0.507 e. The zero-order valence-electron chi connectivity index (χ0n) is 24.3. The molecular formula is C31H48F2N3OP. The SMILES string of the molecule is CC.CC.CCCCCCC(C)C.NC1=CCN=C(c2ccc(C(F)(F)P)cc2O)C(c2ccccc2)=N1. The van der Waals surface area contributed by atoms with Crippen molar-refractivity contribution in [2.75, 3.05) is 6.54 Å². The zero-order valence-corrected chi connectivity index (χ0v) is 25.4. The lowest BCUT2D eigenvalue weighted by atomic mass is 9.97. The number of hydrogen-bond acceptors (Lipinski definition) is 4. The van der Waals surface area contributed by atoms with Crippen molar-refractivity contribution >= 4 is 20.7 Å². The molecule has 1 aliphatic heterocycles. The van der Waals surface area contributed by atoms with E-state index >= 15 is 0 Å². The summed E-state index contributed by atoms with van der Waals surface area (Å²) < 4.78 is 26.9. The predicted octanol–water partition coefficient (Wildman–Crippen LogP) is 9.07. The van der Waals surface area contributed by atoms with Gasteiger partial charge in [0.2, 0.25) is 0 Å². The highest BCUT2D eigenvalue weighted by molar-refractivity contribution is 7.17. The Balaban J connectivity index is 0.000000891. The average Bonchev–Trinajstić information content (AvgIpc) is 3.10. The Morgan fingerprint density at radius 1 is 0.974 bits per heavy atom. The molecule has 2 aromatic carbocycles. The number of nitrogens with zero attached hydrogens (tertiary/aromatic N) is 2. The number of halogens is 2. The second-order valence-electron chi connectivity index (χ2n) is 8.74. The van der Waals surface area contributed by atoms with Crippen LogP contribution in [-0.2, 0) is 5.66 Å². The molecule has 0 amide bonds. The molecule has 0 radical (unpaired) electrons. The second-order valence-corrected chi connectivity index (χ2v) is 9.47. The summed E-state index contributed by atoms with van der Waals surface area (Å²) in [6.07, 6.45) is 8.73. The van der Waals surface area contributed by atoms with Gasteiger partial charge in [0.15, 0.2) is 0 Å². The molecule has 0 saturated carbocycles. The Morgan fingerprint density at radius 3 is 2.13 bits per heavy atom. The third kappa shape index (κ3) is 12.8. The minimum absolute atomic E-state index is 0.280. The minimum atomic E-state index is -3.12. The van der Waals surface area contributed by atoms with Crippen LogP contribution in [0.1, 0.15) is 97.3 Å². The summed E-state index contributed by atoms with van der Waals surface area (Å²) in [5.74, 6) is 0.925. The third-order valence-corrected chi connectivity index (χ3v) is 5.67. The maximum atomic E-state index is 13.4. The maximum absolute atomic E-state index is 13.4. The van der Waals surface area contributed by atoms with Gasteiger partial charge in [-0.1, -0.05) is 126 Å². The number of unbranched alkanes of at least 4 members (excludes halogenated alkanes) is 3. The summed E-state index contributed by atoms with van der Waals surface area (Å²) in [4.78, 5) is 8.81. The Bertz CT molecular complexity index is 1010. The highest BCUT2D eigenvalue weighted by atomic mass is 31.0. The molecule has 1 aliphatic rings. The quantitative estimate of drug-likeness (QED) is 0.256. The van der Waals surface area contributed by atoms with Gasteiger partial charge in [-0.3, -0.25) is 4.99 Å². The fourth-order valence-electron chi connectivity index (χ4n) is 3.46. The normalized spacial score (nSPS) is 12.8. The van der Waals surface area contributed by atoms with Gasteiger partial charge in [0, 0.05) is 16.7 Å². The van der Waals surface area contributed by atoms with Crippen molar-refractivity contribution in [2.45, 2.75) is 86.2 Å². The number of nitrogens with two attached hydrogens (primary N) is 1. The van der Waals surface area contributed by atoms with Crippen molar-refractivity contribution in [3.05, 3.63) is 77.1 Å². The topological polar surface area (TPSA) is 71.0 Å². The summed E-state index contributed by atoms with van der Waals surface area (Å²) in [5.41, 5.74) is 4.40. The molecule has 1 unspecified atom stereocenters. The molecule has 2 aromatic rings. The van der Waals surface area contributed by atoms with E-state index in [2.05, 4.69) is 30.8 Å². The van der Waals surface area contributed by atoms with Crippen molar-refractivity contribution < 1.29 is 13.9 Å². The third-order valence-electron chi connectivity index (χ3n) is 5.34. The summed E-state index contributed by atoms with van der Waals surface area (Å²) in [6, 6.07) is 13.0. The van der Waals surface area contributed by atoms with E-state index in [1.807, 2.05) is 58.0 Å². The van der Waals surface area contributed by atoms with Crippen molar-refractivity contribution in [2.24, 2.45) is 21.6 Å². The number of hydrogen-bond donors (Lipinski definition) is 2. The van der Waals surface area contributed by atoms with Gasteiger partial charge in [0.05, 0.1) is 18.0 Å². The van der Waals surface area contributed by atoms with E-state index < -0.39 is 5.66 Å². The first-order valence-corrected chi connectivity index (χ1v) is 14.4. The van der Waals surface area contributed by atoms with Crippen molar-refractivity contribution in [3.63, 3.8) is 0 Å². The van der Waals surface area contributed by atoms with Crippen LogP contribution in [0, 0.1) is 5.92 Å². The summed E-state index contributed by atoms with van der Waals surface area (Å²) in [7, 11) is 1.45. The second kappa shape index (κ2) is 19.5. The molecule has 0 saturated heterocycles. The van der Waals surface area contributed by atoms with E-state index in [1.54, 1.807) is 6.08 Å². The van der Waals surface area contributed by atoms with Crippen LogP contribution in [0.15, 0.2) is 70.4 Å². The summed E-state index contributed by atoms with van der Waals surface area (Å²) in [5, 5.41) is 10.3. The van der Waals surface area contributed by atoms with E-state index in [0.29, 0.717) is 22.8 Å². The van der Waals surface area contributed by atoms with Crippen molar-refractivity contribution in [3.8, 4) is 5.75 Å². The van der Waals surface area contributed by atoms with Gasteiger partial charge in [-0.15, -0.1) is 0 Å². The van der Waals surface area contributed by atoms with Gasteiger partial charge < -0.3 is 10.8 Å². The standard InChI is InChI=1S/C18H16F2N3OP.C9H20.2C2H6/c19-18(20,25)12-6-7-13(14(24)10-12)17-16(11-4-2-1-3-5-11)23-15(21)8-9-22-17;1-4-5-6-7-8-9(2)3;2*1-2/h1-8,10,24H,9,21,25H2;9H,4-8H2,1-3H3;2*1-2H3. The largest absolute Gasteiger partial charge is 0.507 e. The van der Waals surface area contributed by atoms with Gasteiger partial charge in [0.25, 0.3) is 5.66 Å². The van der Waals surface area contributed by atoms with Crippen LogP contribution in [0.3, 0.4) is 0 Å². The maximum Gasteiger partial charge on any atom is 0.284 e. The number of phenols is 1. The first-order chi connectivity index (χ1) is 18.1. The average molecular weight is 548 g/mol. The molecule has 0 aromatic heterocycles. The van der Waals surface area contributed by atoms with E-state index in [4.69, 9.17) is 5.73 Å². The molecule has 1 atom stereocenters. The molecule has 0 spiro atoms. The van der Waals surface area contributed by atoms with E-state index in [1.165, 1.54) is 53.5 Å². The van der Waals surface area contributed by atoms with Crippen LogP contribution in [0.4, 0.5) is 8.78 Å². The van der Waals surface area contributed by atoms with Crippen LogP contribution >= 0.6 is 9.24 Å². The number of aromatic hydroxyl groups is 1. The number of benzene rings is 2. The van der Waals surface area contributed by atoms with Gasteiger partial charge in [-0.25, -0.2) is 4.99 Å². The fraction of sp³-hybridized carbons (Fsp3) is 0.484. The number of phenolic OH excluding ortho intramolecular Hbond substituents is 1. The number of aliphatic imine (C=N–C) groups is 2. The van der Waals surface area contributed by atoms with Crippen LogP contribution in [-0.4, -0.2) is 23.1 Å². The van der Waals surface area contributed by atoms with Crippen LogP contribution < -0.4 is 5.73 Å². The Hall–Kier alpha value is -2.59. The molecule has 0 bridgehead atoms. The smallest absolute Gasteiger partial charge is 0.284 e. The van der Waals surface area contributed by atoms with Crippen molar-refractivity contribution in [1.29, 1.82) is 0 Å². The molecule has 38 heavy (non-hydrogen) atoms. The number of alkyl halides is 2. The monoisotopic (exact) mass is 547 g/mol. The Kier molecular flexibility index (Phi) is 18.1. The van der Waals surface area contributed by atoms with Gasteiger partial charge in [0.1, 0.15) is 11.6 Å². The lowest BCUT2D eigenvalue weighted by Gasteiger charge is -2.15. The Labute approximate surface area is 231 Å². The first-order valence-electron chi connectivity index (χ1n) is 13.8. The molecule has 3 N–H and O–H groups in total. The highest BCUT2D eigenvalue weighted by Crippen LogP contribution is 2.37. The van der Waals surface area contributed by atoms with Crippen LogP contribution in [0.2, 0.25) is 0 Å². The fourth-order valence-corrected chi connectivity index (χ4v) is 3.64. The first kappa shape index (κ1) is 35.4. The van der Waals surface area contributed by atoms with Gasteiger partial charge in [-0.05, 0) is 24.1 Å². The molecule has 0 fully saturated rings. The molecule has 4 nitrogen and oxygen atoms in total. The van der Waals surface area contributed by atoms with Crippen molar-refractivity contribution in [1.82, 2.24) is 0 Å². The van der Waals surface area contributed by atoms with Crippen LogP contribution in [0.5, 0.6) is 5.75 Å². The summed E-state index contributed by atoms with van der Waals surface area (Å²) in [6.45, 7) is 15.1. The lowest BCUT2D eigenvalue weighted by Crippen LogP contribution is -2.18. The van der Waals surface area contributed by atoms with E-state index in [9.17, 15) is 13.9 Å². The molecule has 3 rings (SSSR count). The van der Waals surface area contributed by atoms with Crippen LogP contribution in [0.25, 0.3) is 0 Å². The molecule has 1 heterocycles.